The van der Waals surface area contributed by atoms with Gasteiger partial charge in [0.25, 0.3) is 5.56 Å². The van der Waals surface area contributed by atoms with Crippen LogP contribution in [0.5, 0.6) is 5.75 Å². The van der Waals surface area contributed by atoms with Crippen molar-refractivity contribution in [2.75, 3.05) is 39.5 Å². The highest BCUT2D eigenvalue weighted by Gasteiger charge is 2.26. The standard InChI is InChI=1S/C13H19N3O5S/c1-21-11-4-3-5-15(13(11)18)10-12(17)14-6-8-16(9-7-14)22(2,19)20/h3-5H,6-10H2,1-2H3. The van der Waals surface area contributed by atoms with Gasteiger partial charge < -0.3 is 14.2 Å². The molecule has 1 aliphatic rings. The van der Waals surface area contributed by atoms with E-state index in [1.54, 1.807) is 11.0 Å². The number of carbonyl (C=O) groups is 1. The average molecular weight is 329 g/mol. The molecule has 1 aromatic rings. The van der Waals surface area contributed by atoms with Crippen LogP contribution in [0.1, 0.15) is 0 Å². The van der Waals surface area contributed by atoms with Gasteiger partial charge in [0, 0.05) is 32.4 Å². The van der Waals surface area contributed by atoms with E-state index in [1.807, 2.05) is 0 Å². The molecule has 1 amide bonds. The Morgan fingerprint density at radius 3 is 2.45 bits per heavy atom. The topological polar surface area (TPSA) is 88.9 Å². The van der Waals surface area contributed by atoms with E-state index in [0.29, 0.717) is 13.1 Å². The number of carbonyl (C=O) groups excluding carboxylic acids is 1. The SMILES string of the molecule is COc1cccn(CC(=O)N2CCN(S(C)(=O)=O)CC2)c1=O. The highest BCUT2D eigenvalue weighted by atomic mass is 32.2. The van der Waals surface area contributed by atoms with Gasteiger partial charge in [-0.3, -0.25) is 9.59 Å². The van der Waals surface area contributed by atoms with Crippen molar-refractivity contribution in [2.24, 2.45) is 0 Å². The first-order chi connectivity index (χ1) is 10.3. The van der Waals surface area contributed by atoms with Crippen LogP contribution in [0.25, 0.3) is 0 Å². The predicted octanol–water partition coefficient (Wildman–Crippen LogP) is -1.04. The molecule has 1 saturated heterocycles. The van der Waals surface area contributed by atoms with Gasteiger partial charge in [-0.15, -0.1) is 0 Å². The molecule has 0 saturated carbocycles. The van der Waals surface area contributed by atoms with E-state index in [4.69, 9.17) is 4.74 Å². The lowest BCUT2D eigenvalue weighted by Crippen LogP contribution is -2.51. The lowest BCUT2D eigenvalue weighted by Gasteiger charge is -2.33. The fourth-order valence-corrected chi connectivity index (χ4v) is 3.14. The van der Waals surface area contributed by atoms with Crippen LogP contribution in [0, 0.1) is 0 Å². The first-order valence-corrected chi connectivity index (χ1v) is 8.64. The molecule has 22 heavy (non-hydrogen) atoms. The van der Waals surface area contributed by atoms with Gasteiger partial charge in [-0.05, 0) is 12.1 Å². The molecule has 9 heteroatoms. The summed E-state index contributed by atoms with van der Waals surface area (Å²) in [5.74, 6) is -0.0410. The number of aromatic nitrogens is 1. The molecule has 0 atom stereocenters. The molecule has 122 valence electrons. The number of ether oxygens (including phenoxy) is 1. The molecule has 0 aliphatic carbocycles. The summed E-state index contributed by atoms with van der Waals surface area (Å²) in [5, 5.41) is 0. The van der Waals surface area contributed by atoms with Crippen molar-refractivity contribution in [3.8, 4) is 5.75 Å². The Morgan fingerprint density at radius 1 is 1.27 bits per heavy atom. The van der Waals surface area contributed by atoms with Crippen LogP contribution in [-0.2, 0) is 21.4 Å². The predicted molar refractivity (Wildman–Crippen MR) is 80.3 cm³/mol. The molecule has 0 aromatic carbocycles. The van der Waals surface area contributed by atoms with Crippen LogP contribution in [0.4, 0.5) is 0 Å². The van der Waals surface area contributed by atoms with E-state index in [1.165, 1.54) is 28.2 Å². The zero-order valence-electron chi connectivity index (χ0n) is 12.6. The summed E-state index contributed by atoms with van der Waals surface area (Å²) < 4.78 is 30.4. The molecule has 1 aliphatic heterocycles. The fraction of sp³-hybridized carbons (Fsp3) is 0.538. The van der Waals surface area contributed by atoms with Crippen molar-refractivity contribution in [2.45, 2.75) is 6.54 Å². The first kappa shape index (κ1) is 16.5. The third-order valence-corrected chi connectivity index (χ3v) is 4.87. The number of hydrogen-bond acceptors (Lipinski definition) is 5. The Hall–Kier alpha value is -1.87. The molecule has 0 N–H and O–H groups in total. The Bertz CT molecular complexity index is 705. The maximum atomic E-state index is 12.2. The summed E-state index contributed by atoms with van der Waals surface area (Å²) in [6, 6.07) is 3.17. The number of rotatable bonds is 4. The molecule has 1 fully saturated rings. The molecule has 1 aromatic heterocycles. The summed E-state index contributed by atoms with van der Waals surface area (Å²) in [6.45, 7) is 1.11. The van der Waals surface area contributed by atoms with E-state index in [0.717, 1.165) is 6.26 Å². The smallest absolute Gasteiger partial charge is 0.293 e. The Balaban J connectivity index is 2.01. The molecule has 8 nitrogen and oxygen atoms in total. The van der Waals surface area contributed by atoms with Gasteiger partial charge in [-0.2, -0.15) is 4.31 Å². The normalized spacial score (nSPS) is 16.5. The Labute approximate surface area is 128 Å². The molecule has 0 spiro atoms. The molecule has 2 rings (SSSR count). The Morgan fingerprint density at radius 2 is 1.91 bits per heavy atom. The largest absolute Gasteiger partial charge is 0.491 e. The highest BCUT2D eigenvalue weighted by molar-refractivity contribution is 7.88. The summed E-state index contributed by atoms with van der Waals surface area (Å²) >= 11 is 0. The number of nitrogens with zero attached hydrogens (tertiary/aromatic N) is 3. The second-order valence-corrected chi connectivity index (χ2v) is 7.03. The van der Waals surface area contributed by atoms with Gasteiger partial charge in [0.2, 0.25) is 15.9 Å². The van der Waals surface area contributed by atoms with Crippen molar-refractivity contribution in [3.63, 3.8) is 0 Å². The number of pyridine rings is 1. The number of hydrogen-bond donors (Lipinski definition) is 0. The number of amides is 1. The molecular weight excluding hydrogens is 310 g/mol. The van der Waals surface area contributed by atoms with E-state index in [-0.39, 0.29) is 36.9 Å². The van der Waals surface area contributed by atoms with Gasteiger partial charge in [-0.1, -0.05) is 0 Å². The van der Waals surface area contributed by atoms with Crippen LogP contribution in [0.3, 0.4) is 0 Å². The number of sulfonamides is 1. The summed E-state index contributed by atoms with van der Waals surface area (Å²) in [5.41, 5.74) is -0.367. The zero-order valence-corrected chi connectivity index (χ0v) is 13.4. The van der Waals surface area contributed by atoms with E-state index in [9.17, 15) is 18.0 Å². The minimum Gasteiger partial charge on any atom is -0.491 e. The monoisotopic (exact) mass is 329 g/mol. The first-order valence-electron chi connectivity index (χ1n) is 6.79. The molecule has 2 heterocycles. The summed E-state index contributed by atoms with van der Waals surface area (Å²) in [4.78, 5) is 25.8. The van der Waals surface area contributed by atoms with Crippen LogP contribution < -0.4 is 10.3 Å². The second-order valence-electron chi connectivity index (χ2n) is 5.05. The second kappa shape index (κ2) is 6.49. The van der Waals surface area contributed by atoms with Crippen molar-refractivity contribution < 1.29 is 17.9 Å². The van der Waals surface area contributed by atoms with Crippen molar-refractivity contribution in [1.29, 1.82) is 0 Å². The van der Waals surface area contributed by atoms with Crippen molar-refractivity contribution in [3.05, 3.63) is 28.7 Å². The van der Waals surface area contributed by atoms with Gasteiger partial charge in [0.1, 0.15) is 6.54 Å². The molecule has 0 radical (unpaired) electrons. The van der Waals surface area contributed by atoms with Crippen molar-refractivity contribution >= 4 is 15.9 Å². The third kappa shape index (κ3) is 3.66. The van der Waals surface area contributed by atoms with Crippen LogP contribution in [0.15, 0.2) is 23.1 Å². The minimum atomic E-state index is -3.23. The van der Waals surface area contributed by atoms with Crippen LogP contribution >= 0.6 is 0 Å². The summed E-state index contributed by atoms with van der Waals surface area (Å²) in [6.07, 6.45) is 2.68. The van der Waals surface area contributed by atoms with Crippen molar-refractivity contribution in [1.82, 2.24) is 13.8 Å². The quantitative estimate of drug-likeness (QED) is 0.704. The van der Waals surface area contributed by atoms with Gasteiger partial charge in [0.15, 0.2) is 5.75 Å². The third-order valence-electron chi connectivity index (χ3n) is 3.57. The number of piperazine rings is 1. The molecule has 0 bridgehead atoms. The Kier molecular flexibility index (Phi) is 4.87. The molecule has 0 unspecified atom stereocenters. The summed E-state index contributed by atoms with van der Waals surface area (Å²) in [7, 11) is -1.83. The van der Waals surface area contributed by atoms with E-state index >= 15 is 0 Å². The molecular formula is C13H19N3O5S. The minimum absolute atomic E-state index is 0.0884. The lowest BCUT2D eigenvalue weighted by atomic mass is 10.3. The number of methoxy groups -OCH3 is 1. The van der Waals surface area contributed by atoms with Gasteiger partial charge in [-0.25, -0.2) is 8.42 Å². The van der Waals surface area contributed by atoms with E-state index in [2.05, 4.69) is 0 Å². The maximum Gasteiger partial charge on any atom is 0.293 e. The van der Waals surface area contributed by atoms with Crippen LogP contribution in [-0.4, -0.2) is 67.6 Å². The van der Waals surface area contributed by atoms with Gasteiger partial charge >= 0.3 is 0 Å². The average Bonchev–Trinajstić information content (AvgIpc) is 2.48. The lowest BCUT2D eigenvalue weighted by molar-refractivity contribution is -0.133. The van der Waals surface area contributed by atoms with E-state index < -0.39 is 10.0 Å². The maximum absolute atomic E-state index is 12.2. The highest BCUT2D eigenvalue weighted by Crippen LogP contribution is 2.07. The zero-order chi connectivity index (χ0) is 16.3. The fourth-order valence-electron chi connectivity index (χ4n) is 2.31. The van der Waals surface area contributed by atoms with Crippen LogP contribution in [0.2, 0.25) is 0 Å². The van der Waals surface area contributed by atoms with Gasteiger partial charge in [0.05, 0.1) is 13.4 Å².